The number of aromatic nitrogens is 1. The number of alkyl halides is 3. The summed E-state index contributed by atoms with van der Waals surface area (Å²) in [5.74, 6) is -0.653. The van der Waals surface area contributed by atoms with Crippen molar-refractivity contribution in [2.45, 2.75) is 25.6 Å². The third kappa shape index (κ3) is 3.12. The molecule has 7 heteroatoms. The lowest BCUT2D eigenvalue weighted by molar-refractivity contribution is -0.141. The van der Waals surface area contributed by atoms with Gasteiger partial charge in [0.25, 0.3) is 5.91 Å². The molecule has 0 saturated carbocycles. The third-order valence-corrected chi connectivity index (χ3v) is 5.63. The highest BCUT2D eigenvalue weighted by molar-refractivity contribution is 7.17. The molecule has 138 valence electrons. The number of para-hydroxylation sites is 1. The monoisotopic (exact) mass is 388 g/mol. The summed E-state index contributed by atoms with van der Waals surface area (Å²) < 4.78 is 40.8. The van der Waals surface area contributed by atoms with Gasteiger partial charge in [-0.25, -0.2) is 4.98 Å². The number of rotatable bonds is 2. The van der Waals surface area contributed by atoms with Gasteiger partial charge in [-0.3, -0.25) is 4.79 Å². The first kappa shape index (κ1) is 17.7. The van der Waals surface area contributed by atoms with Crippen molar-refractivity contribution in [3.8, 4) is 10.6 Å². The molecule has 3 aromatic rings. The molecule has 1 unspecified atom stereocenters. The van der Waals surface area contributed by atoms with Crippen molar-refractivity contribution >= 4 is 22.9 Å². The fourth-order valence-corrected chi connectivity index (χ4v) is 4.37. The minimum Gasteiger partial charge on any atom is -0.304 e. The average molecular weight is 388 g/mol. The summed E-state index contributed by atoms with van der Waals surface area (Å²) in [6.07, 6.45) is -4.08. The summed E-state index contributed by atoms with van der Waals surface area (Å²) >= 11 is 0.789. The number of amides is 1. The van der Waals surface area contributed by atoms with E-state index in [0.717, 1.165) is 16.9 Å². The first-order chi connectivity index (χ1) is 12.9. The Morgan fingerprint density at radius 2 is 1.78 bits per heavy atom. The molecule has 2 heterocycles. The summed E-state index contributed by atoms with van der Waals surface area (Å²) in [7, 11) is 0. The topological polar surface area (TPSA) is 33.2 Å². The normalized spacial score (nSPS) is 16.4. The number of hydrogen-bond donors (Lipinski definition) is 0. The highest BCUT2D eigenvalue weighted by Gasteiger charge is 2.42. The molecule has 1 aromatic heterocycles. The molecule has 2 aromatic carbocycles. The van der Waals surface area contributed by atoms with Crippen LogP contribution >= 0.6 is 11.3 Å². The SMILES string of the molecule is CC1Cc2ccccc2N1C(=O)c1sc(-c2ccccc2)nc1C(F)(F)F. The smallest absolute Gasteiger partial charge is 0.304 e. The van der Waals surface area contributed by atoms with Gasteiger partial charge in [-0.1, -0.05) is 48.5 Å². The predicted octanol–water partition coefficient (Wildman–Crippen LogP) is 5.42. The molecule has 1 atom stereocenters. The summed E-state index contributed by atoms with van der Waals surface area (Å²) in [6.45, 7) is 1.84. The van der Waals surface area contributed by atoms with Crippen LogP contribution in [0.4, 0.5) is 18.9 Å². The fourth-order valence-electron chi connectivity index (χ4n) is 3.35. The average Bonchev–Trinajstić information content (AvgIpc) is 3.23. The number of carbonyl (C=O) groups excluding carboxylic acids is 1. The predicted molar refractivity (Wildman–Crippen MR) is 99.0 cm³/mol. The molecule has 1 amide bonds. The Bertz CT molecular complexity index is 998. The second-order valence-electron chi connectivity index (χ2n) is 6.42. The zero-order valence-electron chi connectivity index (χ0n) is 14.3. The second-order valence-corrected chi connectivity index (χ2v) is 7.42. The summed E-state index contributed by atoms with van der Waals surface area (Å²) in [5, 5.41) is 0.186. The van der Waals surface area contributed by atoms with Crippen molar-refractivity contribution in [2.24, 2.45) is 0 Å². The van der Waals surface area contributed by atoms with Crippen molar-refractivity contribution in [1.29, 1.82) is 0 Å². The maximum Gasteiger partial charge on any atom is 0.435 e. The van der Waals surface area contributed by atoms with E-state index < -0.39 is 17.8 Å². The number of carbonyl (C=O) groups is 1. The molecule has 1 aliphatic rings. The van der Waals surface area contributed by atoms with E-state index in [2.05, 4.69) is 4.98 Å². The van der Waals surface area contributed by atoms with E-state index >= 15 is 0 Å². The molecule has 0 N–H and O–H groups in total. The van der Waals surface area contributed by atoms with Crippen LogP contribution < -0.4 is 4.90 Å². The number of benzene rings is 2. The van der Waals surface area contributed by atoms with E-state index in [1.165, 1.54) is 4.90 Å². The van der Waals surface area contributed by atoms with Crippen LogP contribution in [0.25, 0.3) is 10.6 Å². The van der Waals surface area contributed by atoms with Crippen LogP contribution in [0, 0.1) is 0 Å². The molecule has 1 aliphatic heterocycles. The van der Waals surface area contributed by atoms with Crippen LogP contribution in [0.3, 0.4) is 0 Å². The fraction of sp³-hybridized carbons (Fsp3) is 0.200. The van der Waals surface area contributed by atoms with Crippen LogP contribution in [-0.4, -0.2) is 16.9 Å². The van der Waals surface area contributed by atoms with E-state index in [-0.39, 0.29) is 15.9 Å². The largest absolute Gasteiger partial charge is 0.435 e. The first-order valence-electron chi connectivity index (χ1n) is 8.41. The molecular formula is C20H15F3N2OS. The lowest BCUT2D eigenvalue weighted by Gasteiger charge is -2.22. The number of fused-ring (bicyclic) bond motifs is 1. The van der Waals surface area contributed by atoms with E-state index in [0.29, 0.717) is 17.7 Å². The third-order valence-electron chi connectivity index (χ3n) is 4.54. The van der Waals surface area contributed by atoms with Crippen LogP contribution in [0.15, 0.2) is 54.6 Å². The lowest BCUT2D eigenvalue weighted by atomic mass is 10.1. The number of anilines is 1. The Kier molecular flexibility index (Phi) is 4.26. The Morgan fingerprint density at radius 1 is 1.11 bits per heavy atom. The quantitative estimate of drug-likeness (QED) is 0.587. The van der Waals surface area contributed by atoms with Gasteiger partial charge in [0.2, 0.25) is 0 Å². The lowest BCUT2D eigenvalue weighted by Crippen LogP contribution is -2.36. The van der Waals surface area contributed by atoms with Gasteiger partial charge in [-0.05, 0) is 25.0 Å². The van der Waals surface area contributed by atoms with E-state index in [1.807, 2.05) is 19.1 Å². The van der Waals surface area contributed by atoms with Crippen LogP contribution in [0.2, 0.25) is 0 Å². The van der Waals surface area contributed by atoms with Crippen molar-refractivity contribution in [3.05, 3.63) is 70.7 Å². The molecule has 4 rings (SSSR count). The Balaban J connectivity index is 1.81. The van der Waals surface area contributed by atoms with Crippen molar-refractivity contribution in [1.82, 2.24) is 4.98 Å². The van der Waals surface area contributed by atoms with Gasteiger partial charge in [0.15, 0.2) is 5.69 Å². The maximum absolute atomic E-state index is 13.6. The number of nitrogens with zero attached hydrogens (tertiary/aromatic N) is 2. The van der Waals surface area contributed by atoms with E-state index in [4.69, 9.17) is 0 Å². The van der Waals surface area contributed by atoms with Crippen LogP contribution in [0.5, 0.6) is 0 Å². The molecule has 27 heavy (non-hydrogen) atoms. The zero-order chi connectivity index (χ0) is 19.2. The van der Waals surface area contributed by atoms with E-state index in [9.17, 15) is 18.0 Å². The van der Waals surface area contributed by atoms with Gasteiger partial charge in [0.1, 0.15) is 9.88 Å². The van der Waals surface area contributed by atoms with Gasteiger partial charge < -0.3 is 4.90 Å². The summed E-state index contributed by atoms with van der Waals surface area (Å²) in [5.41, 5.74) is 1.06. The van der Waals surface area contributed by atoms with Crippen molar-refractivity contribution in [3.63, 3.8) is 0 Å². The van der Waals surface area contributed by atoms with Crippen molar-refractivity contribution in [2.75, 3.05) is 4.90 Å². The zero-order valence-corrected chi connectivity index (χ0v) is 15.1. The second kappa shape index (κ2) is 6.49. The number of thiazole rings is 1. The molecule has 0 spiro atoms. The first-order valence-corrected chi connectivity index (χ1v) is 9.23. The van der Waals surface area contributed by atoms with Gasteiger partial charge in [-0.15, -0.1) is 11.3 Å². The van der Waals surface area contributed by atoms with Gasteiger partial charge in [0, 0.05) is 17.3 Å². The number of halogens is 3. The summed E-state index contributed by atoms with van der Waals surface area (Å²) in [6, 6.07) is 15.7. The van der Waals surface area contributed by atoms with Gasteiger partial charge >= 0.3 is 6.18 Å². The molecule has 0 bridgehead atoms. The maximum atomic E-state index is 13.6. The Labute approximate surface area is 158 Å². The van der Waals surface area contributed by atoms with Gasteiger partial charge in [0.05, 0.1) is 0 Å². The minimum absolute atomic E-state index is 0.186. The van der Waals surface area contributed by atoms with Crippen LogP contribution in [-0.2, 0) is 12.6 Å². The van der Waals surface area contributed by atoms with E-state index in [1.54, 1.807) is 42.5 Å². The molecule has 0 saturated heterocycles. The standard InChI is InChI=1S/C20H15F3N2OS/c1-12-11-14-9-5-6-10-15(14)25(12)19(26)16-17(20(21,22)23)24-18(27-16)13-7-3-2-4-8-13/h2-10,12H,11H2,1H3. The highest BCUT2D eigenvalue weighted by Crippen LogP contribution is 2.40. The van der Waals surface area contributed by atoms with Crippen LogP contribution in [0.1, 0.15) is 27.9 Å². The molecule has 0 aliphatic carbocycles. The Hall–Kier alpha value is -2.67. The molecule has 3 nitrogen and oxygen atoms in total. The molecule has 0 radical (unpaired) electrons. The van der Waals surface area contributed by atoms with Crippen molar-refractivity contribution < 1.29 is 18.0 Å². The highest BCUT2D eigenvalue weighted by atomic mass is 32.1. The van der Waals surface area contributed by atoms with Gasteiger partial charge in [-0.2, -0.15) is 13.2 Å². The Morgan fingerprint density at radius 3 is 2.48 bits per heavy atom. The molecule has 0 fully saturated rings. The summed E-state index contributed by atoms with van der Waals surface area (Å²) in [4.78, 5) is 18.0. The minimum atomic E-state index is -4.70. The molecular weight excluding hydrogens is 373 g/mol. The number of hydrogen-bond acceptors (Lipinski definition) is 3.